The summed E-state index contributed by atoms with van der Waals surface area (Å²) in [6, 6.07) is 6.95. The number of nitro groups is 1. The second-order valence-electron chi connectivity index (χ2n) is 3.17. The molecule has 0 aromatic heterocycles. The van der Waals surface area contributed by atoms with Gasteiger partial charge in [-0.3, -0.25) is 10.1 Å². The molecular weight excluding hydrogens is 168 g/mol. The zero-order valence-electron chi connectivity index (χ0n) is 7.06. The van der Waals surface area contributed by atoms with Gasteiger partial charge in [0.25, 0.3) is 5.69 Å². The minimum atomic E-state index is -0.312. The molecule has 68 valence electrons. The second-order valence-corrected chi connectivity index (χ2v) is 3.17. The molecule has 1 aliphatic rings. The summed E-state index contributed by atoms with van der Waals surface area (Å²) < 4.78 is 0. The lowest BCUT2D eigenvalue weighted by atomic mass is 9.92. The predicted octanol–water partition coefficient (Wildman–Crippen LogP) is 1.28. The maximum Gasteiger partial charge on any atom is 0.272 e. The van der Waals surface area contributed by atoms with Crippen molar-refractivity contribution >= 4 is 5.69 Å². The van der Waals surface area contributed by atoms with Gasteiger partial charge in [0, 0.05) is 30.6 Å². The fourth-order valence-electron chi connectivity index (χ4n) is 1.51. The van der Waals surface area contributed by atoms with E-state index in [9.17, 15) is 10.1 Å². The Bertz CT molecular complexity index is 334. The molecule has 1 aromatic rings. The average molecular weight is 178 g/mol. The Morgan fingerprint density at radius 2 is 2.08 bits per heavy atom. The van der Waals surface area contributed by atoms with Crippen LogP contribution in [0.3, 0.4) is 0 Å². The summed E-state index contributed by atoms with van der Waals surface area (Å²) in [6.07, 6.45) is 0. The number of rotatable bonds is 2. The standard InChI is InChI=1S/C9H10N2O2/c12-11(13)9-4-2-1-3-8(9)7-5-10-6-7/h1-4,7,10H,5-6H2. The first-order valence-corrected chi connectivity index (χ1v) is 4.23. The van der Waals surface area contributed by atoms with Crippen LogP contribution in [0.5, 0.6) is 0 Å². The van der Waals surface area contributed by atoms with E-state index in [4.69, 9.17) is 0 Å². The third-order valence-electron chi connectivity index (χ3n) is 2.35. The summed E-state index contributed by atoms with van der Waals surface area (Å²) in [5, 5.41) is 13.8. The molecule has 0 amide bonds. The summed E-state index contributed by atoms with van der Waals surface area (Å²) in [7, 11) is 0. The molecule has 1 N–H and O–H groups in total. The van der Waals surface area contributed by atoms with Crippen LogP contribution in [0.1, 0.15) is 11.5 Å². The Kier molecular flexibility index (Phi) is 1.98. The maximum atomic E-state index is 10.7. The van der Waals surface area contributed by atoms with Gasteiger partial charge in [0.15, 0.2) is 0 Å². The molecule has 13 heavy (non-hydrogen) atoms. The van der Waals surface area contributed by atoms with Crippen molar-refractivity contribution < 1.29 is 4.92 Å². The fourth-order valence-corrected chi connectivity index (χ4v) is 1.51. The Morgan fingerprint density at radius 1 is 1.38 bits per heavy atom. The Hall–Kier alpha value is -1.42. The highest BCUT2D eigenvalue weighted by molar-refractivity contribution is 5.43. The van der Waals surface area contributed by atoms with Gasteiger partial charge in [-0.05, 0) is 0 Å². The first kappa shape index (κ1) is 8.19. The number of nitrogens with one attached hydrogen (secondary N) is 1. The molecule has 4 nitrogen and oxygen atoms in total. The lowest BCUT2D eigenvalue weighted by Crippen LogP contribution is -2.40. The highest BCUT2D eigenvalue weighted by Crippen LogP contribution is 2.28. The summed E-state index contributed by atoms with van der Waals surface area (Å²) in [5.74, 6) is 0.321. The molecule has 1 aromatic carbocycles. The monoisotopic (exact) mass is 178 g/mol. The summed E-state index contributed by atoms with van der Waals surface area (Å²) in [6.45, 7) is 1.70. The number of nitrogens with zero attached hydrogens (tertiary/aromatic N) is 1. The van der Waals surface area contributed by atoms with Gasteiger partial charge in [0.05, 0.1) is 4.92 Å². The summed E-state index contributed by atoms with van der Waals surface area (Å²) in [5.41, 5.74) is 1.10. The van der Waals surface area contributed by atoms with Crippen LogP contribution in [0, 0.1) is 10.1 Å². The van der Waals surface area contributed by atoms with Crippen LogP contribution in [0.2, 0.25) is 0 Å². The molecule has 1 heterocycles. The third kappa shape index (κ3) is 1.40. The van der Waals surface area contributed by atoms with E-state index in [2.05, 4.69) is 5.32 Å². The van der Waals surface area contributed by atoms with Crippen molar-refractivity contribution in [3.8, 4) is 0 Å². The molecule has 0 unspecified atom stereocenters. The highest BCUT2D eigenvalue weighted by atomic mass is 16.6. The van der Waals surface area contributed by atoms with Crippen molar-refractivity contribution in [1.82, 2.24) is 5.32 Å². The van der Waals surface area contributed by atoms with Crippen LogP contribution in [-0.2, 0) is 0 Å². The number of para-hydroxylation sites is 1. The maximum absolute atomic E-state index is 10.7. The third-order valence-corrected chi connectivity index (χ3v) is 2.35. The van der Waals surface area contributed by atoms with Crippen LogP contribution in [-0.4, -0.2) is 18.0 Å². The number of benzene rings is 1. The Labute approximate surface area is 75.7 Å². The van der Waals surface area contributed by atoms with Gasteiger partial charge in [0.2, 0.25) is 0 Å². The lowest BCUT2D eigenvalue weighted by molar-refractivity contribution is -0.385. The van der Waals surface area contributed by atoms with E-state index >= 15 is 0 Å². The van der Waals surface area contributed by atoms with Crippen molar-refractivity contribution in [3.63, 3.8) is 0 Å². The zero-order valence-corrected chi connectivity index (χ0v) is 7.06. The van der Waals surface area contributed by atoms with E-state index in [1.54, 1.807) is 12.1 Å². The van der Waals surface area contributed by atoms with Gasteiger partial charge in [-0.25, -0.2) is 0 Å². The van der Waals surface area contributed by atoms with Crippen LogP contribution in [0.25, 0.3) is 0 Å². The normalized spacial score (nSPS) is 16.6. The van der Waals surface area contributed by atoms with Crippen LogP contribution >= 0.6 is 0 Å². The van der Waals surface area contributed by atoms with Crippen LogP contribution in [0.15, 0.2) is 24.3 Å². The first-order chi connectivity index (χ1) is 6.29. The molecule has 4 heteroatoms. The Balaban J connectivity index is 2.36. The highest BCUT2D eigenvalue weighted by Gasteiger charge is 2.25. The molecule has 0 spiro atoms. The molecule has 1 aliphatic heterocycles. The number of hydrogen-bond acceptors (Lipinski definition) is 3. The summed E-state index contributed by atoms with van der Waals surface area (Å²) >= 11 is 0. The quantitative estimate of drug-likeness (QED) is 0.548. The van der Waals surface area contributed by atoms with Gasteiger partial charge in [0.1, 0.15) is 0 Å². The van der Waals surface area contributed by atoms with Gasteiger partial charge < -0.3 is 5.32 Å². The molecule has 0 atom stereocenters. The van der Waals surface area contributed by atoms with Crippen LogP contribution < -0.4 is 5.32 Å². The van der Waals surface area contributed by atoms with Crippen molar-refractivity contribution in [2.45, 2.75) is 5.92 Å². The molecule has 2 rings (SSSR count). The smallest absolute Gasteiger partial charge is 0.272 e. The lowest BCUT2D eigenvalue weighted by Gasteiger charge is -2.26. The van der Waals surface area contributed by atoms with E-state index in [1.165, 1.54) is 0 Å². The van der Waals surface area contributed by atoms with E-state index in [0.717, 1.165) is 18.7 Å². The predicted molar refractivity (Wildman–Crippen MR) is 48.7 cm³/mol. The van der Waals surface area contributed by atoms with Crippen molar-refractivity contribution in [3.05, 3.63) is 39.9 Å². The minimum absolute atomic E-state index is 0.244. The summed E-state index contributed by atoms with van der Waals surface area (Å²) in [4.78, 5) is 10.3. The van der Waals surface area contributed by atoms with Crippen molar-refractivity contribution in [2.75, 3.05) is 13.1 Å². The van der Waals surface area contributed by atoms with Crippen molar-refractivity contribution in [1.29, 1.82) is 0 Å². The van der Waals surface area contributed by atoms with Crippen molar-refractivity contribution in [2.24, 2.45) is 0 Å². The molecule has 0 saturated carbocycles. The Morgan fingerprint density at radius 3 is 2.62 bits per heavy atom. The molecule has 0 aliphatic carbocycles. The molecular formula is C9H10N2O2. The number of nitro benzene ring substituents is 1. The SMILES string of the molecule is O=[N+]([O-])c1ccccc1C1CNC1. The average Bonchev–Trinajstić information content (AvgIpc) is 2.02. The van der Waals surface area contributed by atoms with E-state index in [0.29, 0.717) is 5.92 Å². The van der Waals surface area contributed by atoms with E-state index < -0.39 is 0 Å². The van der Waals surface area contributed by atoms with Crippen LogP contribution in [0.4, 0.5) is 5.69 Å². The minimum Gasteiger partial charge on any atom is -0.315 e. The number of hydrogen-bond donors (Lipinski definition) is 1. The molecule has 0 bridgehead atoms. The van der Waals surface area contributed by atoms with Gasteiger partial charge >= 0.3 is 0 Å². The zero-order chi connectivity index (χ0) is 9.26. The largest absolute Gasteiger partial charge is 0.315 e. The second kappa shape index (κ2) is 3.14. The first-order valence-electron chi connectivity index (χ1n) is 4.23. The van der Waals surface area contributed by atoms with Gasteiger partial charge in [-0.15, -0.1) is 0 Å². The molecule has 1 fully saturated rings. The van der Waals surface area contributed by atoms with Gasteiger partial charge in [-0.2, -0.15) is 0 Å². The van der Waals surface area contributed by atoms with E-state index in [-0.39, 0.29) is 10.6 Å². The topological polar surface area (TPSA) is 55.2 Å². The van der Waals surface area contributed by atoms with E-state index in [1.807, 2.05) is 12.1 Å². The molecule has 0 radical (unpaired) electrons. The fraction of sp³-hybridized carbons (Fsp3) is 0.333. The van der Waals surface area contributed by atoms with Gasteiger partial charge in [-0.1, -0.05) is 18.2 Å². The molecule has 1 saturated heterocycles.